The third-order valence-electron chi connectivity index (χ3n) is 4.54. The molecule has 1 heterocycles. The predicted molar refractivity (Wildman–Crippen MR) is 120 cm³/mol. The summed E-state index contributed by atoms with van der Waals surface area (Å²) in [4.78, 5) is 27.5. The van der Waals surface area contributed by atoms with Crippen molar-refractivity contribution in [3.05, 3.63) is 72.0 Å². The summed E-state index contributed by atoms with van der Waals surface area (Å²) in [5.74, 6) is 0.252. The van der Waals surface area contributed by atoms with Crippen molar-refractivity contribution < 1.29 is 32.3 Å². The van der Waals surface area contributed by atoms with Crippen molar-refractivity contribution in [2.24, 2.45) is 0 Å². The predicted octanol–water partition coefficient (Wildman–Crippen LogP) is 6.05. The van der Waals surface area contributed by atoms with Crippen molar-refractivity contribution in [3.63, 3.8) is 0 Å². The number of halogens is 2. The lowest BCUT2D eigenvalue weighted by molar-refractivity contribution is 0.186. The van der Waals surface area contributed by atoms with Gasteiger partial charge in [-0.3, -0.25) is 0 Å². The van der Waals surface area contributed by atoms with Crippen LogP contribution < -0.4 is 20.7 Å². The van der Waals surface area contributed by atoms with Crippen molar-refractivity contribution in [1.82, 2.24) is 4.98 Å². The molecule has 3 N–H and O–H groups in total. The van der Waals surface area contributed by atoms with Gasteiger partial charge in [-0.15, -0.1) is 0 Å². The minimum absolute atomic E-state index is 0.0102. The molecule has 34 heavy (non-hydrogen) atoms. The summed E-state index contributed by atoms with van der Waals surface area (Å²) in [7, 11) is 1.23. The maximum Gasteiger partial charge on any atom is 0.414 e. The van der Waals surface area contributed by atoms with E-state index in [1.807, 2.05) is 0 Å². The van der Waals surface area contributed by atoms with Crippen LogP contribution in [-0.2, 0) is 11.4 Å². The Bertz CT molecular complexity index is 1340. The topological polar surface area (TPSA) is 115 Å². The molecule has 4 rings (SSSR count). The first-order valence-electron chi connectivity index (χ1n) is 9.89. The molecule has 3 amide bonds. The molecule has 11 heteroatoms. The van der Waals surface area contributed by atoms with Gasteiger partial charge in [-0.1, -0.05) is 6.07 Å². The highest BCUT2D eigenvalue weighted by Crippen LogP contribution is 2.28. The minimum atomic E-state index is -0.771. The molecule has 174 valence electrons. The summed E-state index contributed by atoms with van der Waals surface area (Å²) >= 11 is 0. The number of ether oxygens (including phenoxy) is 2. The summed E-state index contributed by atoms with van der Waals surface area (Å²) in [6.45, 7) is -0.771. The van der Waals surface area contributed by atoms with E-state index in [1.165, 1.54) is 19.2 Å². The van der Waals surface area contributed by atoms with Gasteiger partial charge in [0.15, 0.2) is 5.58 Å². The quantitative estimate of drug-likeness (QED) is 0.317. The van der Waals surface area contributed by atoms with Crippen molar-refractivity contribution in [2.75, 3.05) is 23.1 Å². The Morgan fingerprint density at radius 2 is 1.74 bits per heavy atom. The number of amides is 3. The van der Waals surface area contributed by atoms with Crippen LogP contribution in [0.3, 0.4) is 0 Å². The van der Waals surface area contributed by atoms with Crippen LogP contribution in [0.5, 0.6) is 11.5 Å². The molecule has 0 bridgehead atoms. The number of rotatable bonds is 6. The molecule has 9 nitrogen and oxygen atoms in total. The normalized spacial score (nSPS) is 10.6. The van der Waals surface area contributed by atoms with E-state index in [0.717, 1.165) is 6.07 Å². The highest BCUT2D eigenvalue weighted by atomic mass is 19.1. The van der Waals surface area contributed by atoms with Gasteiger partial charge in [0.25, 0.3) is 0 Å². The number of nitrogens with one attached hydrogen (secondary N) is 3. The van der Waals surface area contributed by atoms with E-state index in [0.29, 0.717) is 28.3 Å². The monoisotopic (exact) mass is 468 g/mol. The van der Waals surface area contributed by atoms with Crippen LogP contribution in [0.4, 0.5) is 35.8 Å². The Labute approximate surface area is 191 Å². The standard InChI is InChI=1S/C23H18F2N4O5/c1-32-23(31)29-22-28-18-9-7-16(11-20(18)34-22)33-15-5-3-14(4-6-15)26-21(30)27-19-10-13(12-24)2-8-17(19)25/h2-11H,12H2,1H3,(H2,26,27,30)(H,28,29,31). The molecule has 3 aromatic carbocycles. The average Bonchev–Trinajstić information content (AvgIpc) is 3.23. The van der Waals surface area contributed by atoms with Crippen LogP contribution >= 0.6 is 0 Å². The molecule has 0 spiro atoms. The second-order valence-corrected chi connectivity index (χ2v) is 6.92. The van der Waals surface area contributed by atoms with E-state index in [1.54, 1.807) is 42.5 Å². The molecular weight excluding hydrogens is 450 g/mol. The van der Waals surface area contributed by atoms with Gasteiger partial charge in [0.05, 0.1) is 12.8 Å². The van der Waals surface area contributed by atoms with E-state index < -0.39 is 24.6 Å². The Morgan fingerprint density at radius 1 is 0.971 bits per heavy atom. The van der Waals surface area contributed by atoms with E-state index in [2.05, 4.69) is 25.7 Å². The molecule has 0 saturated carbocycles. The largest absolute Gasteiger partial charge is 0.457 e. The van der Waals surface area contributed by atoms with Crippen LogP contribution in [0.25, 0.3) is 11.1 Å². The van der Waals surface area contributed by atoms with Gasteiger partial charge in [-0.2, -0.15) is 4.98 Å². The van der Waals surface area contributed by atoms with Crippen molar-refractivity contribution in [3.8, 4) is 11.5 Å². The molecule has 0 aliphatic rings. The first-order valence-corrected chi connectivity index (χ1v) is 9.89. The molecule has 0 saturated heterocycles. The lowest BCUT2D eigenvalue weighted by Gasteiger charge is -2.10. The number of aromatic nitrogens is 1. The highest BCUT2D eigenvalue weighted by molar-refractivity contribution is 5.99. The Hall–Kier alpha value is -4.67. The SMILES string of the molecule is COC(=O)Nc1nc2ccc(Oc3ccc(NC(=O)Nc4cc(CF)ccc4F)cc3)cc2o1. The van der Waals surface area contributed by atoms with Gasteiger partial charge in [0.2, 0.25) is 0 Å². The zero-order valence-corrected chi connectivity index (χ0v) is 17.7. The number of hydrogen-bond donors (Lipinski definition) is 3. The summed E-state index contributed by atoms with van der Waals surface area (Å²) in [6.07, 6.45) is -0.705. The lowest BCUT2D eigenvalue weighted by atomic mass is 10.2. The molecular formula is C23H18F2N4O5. The Morgan fingerprint density at radius 3 is 2.47 bits per heavy atom. The van der Waals surface area contributed by atoms with Crippen LogP contribution in [0.15, 0.2) is 65.1 Å². The van der Waals surface area contributed by atoms with Gasteiger partial charge in [0, 0.05) is 11.8 Å². The Kier molecular flexibility index (Phi) is 6.53. The Balaban J connectivity index is 1.38. The summed E-state index contributed by atoms with van der Waals surface area (Å²) in [5.41, 5.74) is 1.45. The average molecular weight is 468 g/mol. The van der Waals surface area contributed by atoms with Gasteiger partial charge in [-0.05, 0) is 54.1 Å². The van der Waals surface area contributed by atoms with E-state index in [4.69, 9.17) is 9.15 Å². The maximum atomic E-state index is 13.8. The second kappa shape index (κ2) is 9.86. The first kappa shape index (κ1) is 22.5. The fourth-order valence-corrected chi connectivity index (χ4v) is 2.94. The number of methoxy groups -OCH3 is 1. The fraction of sp³-hybridized carbons (Fsp3) is 0.0870. The zero-order chi connectivity index (χ0) is 24.1. The molecule has 1 aromatic heterocycles. The zero-order valence-electron chi connectivity index (χ0n) is 17.7. The molecule has 0 atom stereocenters. The molecule has 0 radical (unpaired) electrons. The molecule has 4 aromatic rings. The molecule has 0 fully saturated rings. The number of oxazole rings is 1. The molecule has 0 unspecified atom stereocenters. The van der Waals surface area contributed by atoms with Crippen LogP contribution in [0, 0.1) is 5.82 Å². The number of benzene rings is 3. The van der Waals surface area contributed by atoms with Crippen LogP contribution in [-0.4, -0.2) is 24.2 Å². The van der Waals surface area contributed by atoms with E-state index in [9.17, 15) is 18.4 Å². The minimum Gasteiger partial charge on any atom is -0.457 e. The van der Waals surface area contributed by atoms with Crippen molar-refractivity contribution >= 4 is 40.6 Å². The van der Waals surface area contributed by atoms with E-state index in [-0.39, 0.29) is 17.3 Å². The second-order valence-electron chi connectivity index (χ2n) is 6.92. The number of anilines is 3. The van der Waals surface area contributed by atoms with Gasteiger partial charge >= 0.3 is 18.1 Å². The number of urea groups is 1. The molecule has 0 aliphatic carbocycles. The highest BCUT2D eigenvalue weighted by Gasteiger charge is 2.11. The molecule has 0 aliphatic heterocycles. The van der Waals surface area contributed by atoms with E-state index >= 15 is 0 Å². The number of nitrogens with zero attached hydrogens (tertiary/aromatic N) is 1. The van der Waals surface area contributed by atoms with Gasteiger partial charge in [-0.25, -0.2) is 23.7 Å². The van der Waals surface area contributed by atoms with Crippen molar-refractivity contribution in [1.29, 1.82) is 0 Å². The number of hydrogen-bond acceptors (Lipinski definition) is 6. The number of carbonyl (C=O) groups is 2. The fourth-order valence-electron chi connectivity index (χ4n) is 2.94. The summed E-state index contributed by atoms with van der Waals surface area (Å²) in [6, 6.07) is 14.3. The number of fused-ring (bicyclic) bond motifs is 1. The third kappa shape index (κ3) is 5.38. The summed E-state index contributed by atoms with van der Waals surface area (Å²) in [5, 5.41) is 7.25. The van der Waals surface area contributed by atoms with Gasteiger partial charge < -0.3 is 24.5 Å². The van der Waals surface area contributed by atoms with Gasteiger partial charge in [0.1, 0.15) is 29.5 Å². The van der Waals surface area contributed by atoms with Crippen LogP contribution in [0.2, 0.25) is 0 Å². The first-order chi connectivity index (χ1) is 16.4. The number of carbonyl (C=O) groups excluding carboxylic acids is 2. The lowest BCUT2D eigenvalue weighted by Crippen LogP contribution is -2.20. The third-order valence-corrected chi connectivity index (χ3v) is 4.54. The smallest absolute Gasteiger partial charge is 0.414 e. The van der Waals surface area contributed by atoms with Crippen molar-refractivity contribution in [2.45, 2.75) is 6.67 Å². The summed E-state index contributed by atoms with van der Waals surface area (Å²) < 4.78 is 42.3. The number of alkyl halides is 1. The maximum absolute atomic E-state index is 13.8. The van der Waals surface area contributed by atoms with Crippen LogP contribution in [0.1, 0.15) is 5.56 Å².